The van der Waals surface area contributed by atoms with Gasteiger partial charge < -0.3 is 14.3 Å². The fourth-order valence-corrected chi connectivity index (χ4v) is 4.13. The third kappa shape index (κ3) is 3.11. The summed E-state index contributed by atoms with van der Waals surface area (Å²) in [5.41, 5.74) is 1.64. The molecule has 3 heterocycles. The van der Waals surface area contributed by atoms with Gasteiger partial charge in [0.25, 0.3) is 5.91 Å². The minimum absolute atomic E-state index is 0.0219. The Morgan fingerprint density at radius 1 is 1.24 bits per heavy atom. The molecule has 0 radical (unpaired) electrons. The van der Waals surface area contributed by atoms with Crippen molar-refractivity contribution < 1.29 is 9.32 Å². The van der Waals surface area contributed by atoms with Crippen molar-refractivity contribution in [2.45, 2.75) is 19.8 Å². The number of hydrogen-bond acceptors (Lipinski definition) is 6. The van der Waals surface area contributed by atoms with Crippen LogP contribution in [-0.2, 0) is 6.42 Å². The van der Waals surface area contributed by atoms with Crippen LogP contribution in [-0.4, -0.2) is 47.1 Å². The number of hydrogen-bond donors (Lipinski definition) is 0. The molecule has 4 rings (SSSR count). The van der Waals surface area contributed by atoms with E-state index in [1.54, 1.807) is 17.5 Å². The standard InChI is InChI=1S/C18H20N4O2S/c1-2-5-15-13(12-19-24-15)17(23)21-8-10-22(11-9-21)18-20-14-6-3-4-7-16(14)25-18/h3-4,6-7,12H,2,5,8-11H2,1H3. The molecule has 0 unspecified atom stereocenters. The lowest BCUT2D eigenvalue weighted by molar-refractivity contribution is 0.0744. The van der Waals surface area contributed by atoms with E-state index in [1.807, 2.05) is 23.1 Å². The zero-order chi connectivity index (χ0) is 17.2. The minimum atomic E-state index is 0.0219. The Bertz CT molecular complexity index is 847. The summed E-state index contributed by atoms with van der Waals surface area (Å²) in [7, 11) is 0. The predicted octanol–water partition coefficient (Wildman–Crippen LogP) is 3.20. The molecular formula is C18H20N4O2S. The number of carbonyl (C=O) groups excluding carboxylic acids is 1. The van der Waals surface area contributed by atoms with Crippen LogP contribution in [0, 0.1) is 0 Å². The van der Waals surface area contributed by atoms with Crippen molar-refractivity contribution in [3.05, 3.63) is 41.8 Å². The van der Waals surface area contributed by atoms with Crippen LogP contribution < -0.4 is 4.90 Å². The van der Waals surface area contributed by atoms with Gasteiger partial charge in [-0.2, -0.15) is 0 Å². The summed E-state index contributed by atoms with van der Waals surface area (Å²) in [6, 6.07) is 8.18. The maximum atomic E-state index is 12.7. The molecule has 0 bridgehead atoms. The number of para-hydroxylation sites is 1. The number of nitrogens with zero attached hydrogens (tertiary/aromatic N) is 4. The van der Waals surface area contributed by atoms with Crippen molar-refractivity contribution in [3.8, 4) is 0 Å². The first kappa shape index (κ1) is 16.1. The average molecular weight is 356 g/mol. The van der Waals surface area contributed by atoms with Crippen molar-refractivity contribution in [1.82, 2.24) is 15.0 Å². The van der Waals surface area contributed by atoms with E-state index >= 15 is 0 Å². The second kappa shape index (κ2) is 6.84. The largest absolute Gasteiger partial charge is 0.361 e. The zero-order valence-corrected chi connectivity index (χ0v) is 15.0. The topological polar surface area (TPSA) is 62.5 Å². The number of rotatable bonds is 4. The van der Waals surface area contributed by atoms with Crippen molar-refractivity contribution in [3.63, 3.8) is 0 Å². The quantitative estimate of drug-likeness (QED) is 0.718. The van der Waals surface area contributed by atoms with E-state index in [4.69, 9.17) is 9.51 Å². The highest BCUT2D eigenvalue weighted by Gasteiger charge is 2.26. The van der Waals surface area contributed by atoms with Gasteiger partial charge in [-0.05, 0) is 18.6 Å². The summed E-state index contributed by atoms with van der Waals surface area (Å²) in [4.78, 5) is 21.6. The Balaban J connectivity index is 1.44. The van der Waals surface area contributed by atoms with Crippen LogP contribution in [0.2, 0.25) is 0 Å². The van der Waals surface area contributed by atoms with E-state index in [0.717, 1.165) is 36.6 Å². The predicted molar refractivity (Wildman–Crippen MR) is 98.2 cm³/mol. The number of thiazole rings is 1. The maximum absolute atomic E-state index is 12.7. The number of aryl methyl sites for hydroxylation is 1. The summed E-state index contributed by atoms with van der Waals surface area (Å²) >= 11 is 1.71. The number of anilines is 1. The minimum Gasteiger partial charge on any atom is -0.361 e. The number of benzene rings is 1. The van der Waals surface area contributed by atoms with E-state index in [2.05, 4.69) is 23.0 Å². The maximum Gasteiger partial charge on any atom is 0.259 e. The Morgan fingerprint density at radius 2 is 2.04 bits per heavy atom. The Kier molecular flexibility index (Phi) is 4.40. The number of piperazine rings is 1. The molecule has 1 aromatic carbocycles. The van der Waals surface area contributed by atoms with E-state index in [0.29, 0.717) is 24.4 Å². The van der Waals surface area contributed by atoms with Crippen LogP contribution >= 0.6 is 11.3 Å². The van der Waals surface area contributed by atoms with Crippen LogP contribution in [0.1, 0.15) is 29.5 Å². The second-order valence-electron chi connectivity index (χ2n) is 6.16. The number of fused-ring (bicyclic) bond motifs is 1. The third-order valence-electron chi connectivity index (χ3n) is 4.47. The molecule has 0 N–H and O–H groups in total. The van der Waals surface area contributed by atoms with Crippen LogP contribution in [0.5, 0.6) is 0 Å². The van der Waals surface area contributed by atoms with Gasteiger partial charge in [-0.1, -0.05) is 35.5 Å². The van der Waals surface area contributed by atoms with Crippen LogP contribution in [0.15, 0.2) is 35.0 Å². The fraction of sp³-hybridized carbons (Fsp3) is 0.389. The van der Waals surface area contributed by atoms with Crippen LogP contribution in [0.3, 0.4) is 0 Å². The highest BCUT2D eigenvalue weighted by Crippen LogP contribution is 2.29. The van der Waals surface area contributed by atoms with Gasteiger partial charge in [0, 0.05) is 32.6 Å². The van der Waals surface area contributed by atoms with Gasteiger partial charge in [0.05, 0.1) is 16.4 Å². The Labute approximate surface area is 150 Å². The molecule has 1 aliphatic rings. The molecule has 0 spiro atoms. The number of amides is 1. The molecule has 7 heteroatoms. The molecule has 0 aliphatic carbocycles. The Hall–Kier alpha value is -2.41. The Morgan fingerprint density at radius 3 is 2.80 bits per heavy atom. The lowest BCUT2D eigenvalue weighted by atomic mass is 10.1. The van der Waals surface area contributed by atoms with Crippen molar-refractivity contribution in [2.75, 3.05) is 31.1 Å². The van der Waals surface area contributed by atoms with Crippen molar-refractivity contribution in [1.29, 1.82) is 0 Å². The van der Waals surface area contributed by atoms with E-state index in [-0.39, 0.29) is 5.91 Å². The molecule has 1 amide bonds. The molecule has 130 valence electrons. The molecule has 25 heavy (non-hydrogen) atoms. The molecule has 1 saturated heterocycles. The van der Waals surface area contributed by atoms with E-state index < -0.39 is 0 Å². The summed E-state index contributed by atoms with van der Waals surface area (Å²) in [6.45, 7) is 5.02. The van der Waals surface area contributed by atoms with Gasteiger partial charge in [-0.25, -0.2) is 4.98 Å². The van der Waals surface area contributed by atoms with Gasteiger partial charge in [-0.15, -0.1) is 0 Å². The first-order valence-corrected chi connectivity index (χ1v) is 9.41. The summed E-state index contributed by atoms with van der Waals surface area (Å²) in [6.07, 6.45) is 3.22. The smallest absolute Gasteiger partial charge is 0.259 e. The lowest BCUT2D eigenvalue weighted by Gasteiger charge is -2.34. The molecule has 1 aliphatic heterocycles. The molecule has 0 saturated carbocycles. The average Bonchev–Trinajstić information content (AvgIpc) is 3.28. The third-order valence-corrected chi connectivity index (χ3v) is 5.57. The SMILES string of the molecule is CCCc1oncc1C(=O)N1CCN(c2nc3ccccc3s2)CC1. The number of aromatic nitrogens is 2. The van der Waals surface area contributed by atoms with Crippen LogP contribution in [0.25, 0.3) is 10.2 Å². The first-order valence-electron chi connectivity index (χ1n) is 8.59. The molecular weight excluding hydrogens is 336 g/mol. The second-order valence-corrected chi connectivity index (χ2v) is 7.17. The van der Waals surface area contributed by atoms with Gasteiger partial charge >= 0.3 is 0 Å². The molecule has 0 atom stereocenters. The summed E-state index contributed by atoms with van der Waals surface area (Å²) in [5, 5.41) is 4.83. The zero-order valence-electron chi connectivity index (χ0n) is 14.1. The monoisotopic (exact) mass is 356 g/mol. The number of carbonyl (C=O) groups is 1. The fourth-order valence-electron chi connectivity index (χ4n) is 3.11. The molecule has 6 nitrogen and oxygen atoms in total. The van der Waals surface area contributed by atoms with Gasteiger partial charge in [0.15, 0.2) is 5.13 Å². The molecule has 2 aromatic heterocycles. The van der Waals surface area contributed by atoms with Gasteiger partial charge in [0.1, 0.15) is 11.3 Å². The van der Waals surface area contributed by atoms with Gasteiger partial charge in [0.2, 0.25) is 0 Å². The highest BCUT2D eigenvalue weighted by molar-refractivity contribution is 7.22. The van der Waals surface area contributed by atoms with Crippen molar-refractivity contribution in [2.24, 2.45) is 0 Å². The van der Waals surface area contributed by atoms with Crippen LogP contribution in [0.4, 0.5) is 5.13 Å². The summed E-state index contributed by atoms with van der Waals surface area (Å²) in [5.74, 6) is 0.717. The molecule has 1 fully saturated rings. The first-order chi connectivity index (χ1) is 12.3. The highest BCUT2D eigenvalue weighted by atomic mass is 32.1. The van der Waals surface area contributed by atoms with Crippen molar-refractivity contribution >= 4 is 32.6 Å². The van der Waals surface area contributed by atoms with E-state index in [9.17, 15) is 4.79 Å². The normalized spacial score (nSPS) is 15.1. The van der Waals surface area contributed by atoms with Gasteiger partial charge in [-0.3, -0.25) is 4.79 Å². The lowest BCUT2D eigenvalue weighted by Crippen LogP contribution is -2.48. The van der Waals surface area contributed by atoms with E-state index in [1.165, 1.54) is 4.70 Å². The molecule has 3 aromatic rings. The summed E-state index contributed by atoms with van der Waals surface area (Å²) < 4.78 is 6.42.